The van der Waals surface area contributed by atoms with Crippen LogP contribution >= 0.6 is 0 Å². The quantitative estimate of drug-likeness (QED) is 0.682. The van der Waals surface area contributed by atoms with E-state index in [1.807, 2.05) is 20.0 Å². The van der Waals surface area contributed by atoms with Crippen LogP contribution in [0.25, 0.3) is 10.8 Å². The molecule has 1 aromatic heterocycles. The van der Waals surface area contributed by atoms with Crippen molar-refractivity contribution in [3.05, 3.63) is 58.8 Å². The van der Waals surface area contributed by atoms with Crippen LogP contribution in [0.3, 0.4) is 0 Å². The first-order chi connectivity index (χ1) is 14.1. The molecule has 5 rings (SSSR count). The Morgan fingerprint density at radius 1 is 1.14 bits per heavy atom. The van der Waals surface area contributed by atoms with Gasteiger partial charge in [-0.2, -0.15) is 4.98 Å². The van der Waals surface area contributed by atoms with E-state index in [0.717, 1.165) is 54.7 Å². The second-order valence-corrected chi connectivity index (χ2v) is 8.20. The summed E-state index contributed by atoms with van der Waals surface area (Å²) < 4.78 is 0. The van der Waals surface area contributed by atoms with Gasteiger partial charge in [-0.25, -0.2) is 4.98 Å². The maximum absolute atomic E-state index is 13.6. The van der Waals surface area contributed by atoms with Crippen LogP contribution in [0.4, 0.5) is 11.8 Å². The Balaban J connectivity index is 1.46. The number of nitrogens with one attached hydrogen (secondary N) is 1. The van der Waals surface area contributed by atoms with Gasteiger partial charge in [0.05, 0.1) is 0 Å². The van der Waals surface area contributed by atoms with Crippen LogP contribution < -0.4 is 10.2 Å². The van der Waals surface area contributed by atoms with Crippen molar-refractivity contribution >= 4 is 28.3 Å². The molecular weight excluding hydrogens is 360 g/mol. The standard InChI is InChI=1S/C24H26N4O/c1-15-13-21(27-24(25-2)26-15)28-12-4-6-18(14-28)23(29)20-11-10-17-9-8-16-5-3-7-19(20)22(16)17/h3,5,7,10-11,13,18H,4,6,8-9,12,14H2,1-2H3,(H,25,26,27). The Morgan fingerprint density at radius 2 is 1.97 bits per heavy atom. The van der Waals surface area contributed by atoms with Gasteiger partial charge in [0, 0.05) is 43.4 Å². The fraction of sp³-hybridized carbons (Fsp3) is 0.375. The lowest BCUT2D eigenvalue weighted by atomic mass is 9.87. The molecule has 1 saturated heterocycles. The lowest BCUT2D eigenvalue weighted by molar-refractivity contribution is 0.0909. The molecule has 3 aromatic rings. The van der Waals surface area contributed by atoms with E-state index < -0.39 is 0 Å². The second-order valence-electron chi connectivity index (χ2n) is 8.20. The summed E-state index contributed by atoms with van der Waals surface area (Å²) in [6, 6.07) is 12.6. The highest BCUT2D eigenvalue weighted by Gasteiger charge is 2.29. The topological polar surface area (TPSA) is 58.1 Å². The van der Waals surface area contributed by atoms with Gasteiger partial charge in [0.1, 0.15) is 5.82 Å². The first-order valence-electron chi connectivity index (χ1n) is 10.5. The zero-order valence-corrected chi connectivity index (χ0v) is 17.0. The SMILES string of the molecule is CNc1nc(C)cc(N2CCCC(C(=O)c3ccc4c5c(cccc35)CC4)C2)n1. The molecule has 2 aromatic carbocycles. The first-order valence-corrected chi connectivity index (χ1v) is 10.5. The van der Waals surface area contributed by atoms with Crippen molar-refractivity contribution in [3.63, 3.8) is 0 Å². The summed E-state index contributed by atoms with van der Waals surface area (Å²) >= 11 is 0. The number of aryl methyl sites for hydroxylation is 3. The van der Waals surface area contributed by atoms with E-state index in [9.17, 15) is 4.79 Å². The molecule has 1 aliphatic heterocycles. The van der Waals surface area contributed by atoms with Gasteiger partial charge in [0.15, 0.2) is 5.78 Å². The smallest absolute Gasteiger partial charge is 0.224 e. The van der Waals surface area contributed by atoms with E-state index in [2.05, 4.69) is 50.5 Å². The number of anilines is 2. The van der Waals surface area contributed by atoms with Gasteiger partial charge in [-0.05, 0) is 54.5 Å². The number of hydrogen-bond donors (Lipinski definition) is 1. The van der Waals surface area contributed by atoms with Gasteiger partial charge < -0.3 is 10.2 Å². The molecule has 148 valence electrons. The lowest BCUT2D eigenvalue weighted by Gasteiger charge is -2.33. The minimum absolute atomic E-state index is 0.00415. The molecule has 0 radical (unpaired) electrons. The molecule has 0 amide bonds. The molecule has 1 aliphatic carbocycles. The normalized spacial score (nSPS) is 18.3. The number of ketones is 1. The number of carbonyl (C=O) groups excluding carboxylic acids is 1. The summed E-state index contributed by atoms with van der Waals surface area (Å²) in [6.07, 6.45) is 4.10. The third-order valence-electron chi connectivity index (χ3n) is 6.32. The third-order valence-corrected chi connectivity index (χ3v) is 6.32. The Morgan fingerprint density at radius 3 is 2.79 bits per heavy atom. The number of nitrogens with zero attached hydrogens (tertiary/aromatic N) is 3. The van der Waals surface area contributed by atoms with Crippen molar-refractivity contribution in [2.45, 2.75) is 32.6 Å². The van der Waals surface area contributed by atoms with Gasteiger partial charge in [-0.15, -0.1) is 0 Å². The summed E-state index contributed by atoms with van der Waals surface area (Å²) in [5.74, 6) is 1.79. The number of carbonyl (C=O) groups is 1. The summed E-state index contributed by atoms with van der Waals surface area (Å²) in [6.45, 7) is 3.61. The van der Waals surface area contributed by atoms with Gasteiger partial charge in [-0.1, -0.05) is 30.3 Å². The van der Waals surface area contributed by atoms with E-state index in [4.69, 9.17) is 0 Å². The molecule has 5 nitrogen and oxygen atoms in total. The summed E-state index contributed by atoms with van der Waals surface area (Å²) in [7, 11) is 1.83. The predicted molar refractivity (Wildman–Crippen MR) is 117 cm³/mol. The molecule has 0 bridgehead atoms. The summed E-state index contributed by atoms with van der Waals surface area (Å²) in [5.41, 5.74) is 4.58. The molecule has 5 heteroatoms. The van der Waals surface area contributed by atoms with Crippen molar-refractivity contribution in [1.29, 1.82) is 0 Å². The van der Waals surface area contributed by atoms with Crippen molar-refractivity contribution in [2.75, 3.05) is 30.4 Å². The number of piperidine rings is 1. The number of aromatic nitrogens is 2. The van der Waals surface area contributed by atoms with Crippen LogP contribution in [0, 0.1) is 12.8 Å². The van der Waals surface area contributed by atoms with E-state index in [0.29, 0.717) is 12.5 Å². The summed E-state index contributed by atoms with van der Waals surface area (Å²) in [4.78, 5) is 24.8. The Labute approximate surface area is 171 Å². The molecule has 0 spiro atoms. The highest BCUT2D eigenvalue weighted by molar-refractivity contribution is 6.11. The predicted octanol–water partition coefficient (Wildman–Crippen LogP) is 4.18. The zero-order valence-electron chi connectivity index (χ0n) is 17.0. The van der Waals surface area contributed by atoms with Crippen molar-refractivity contribution in [2.24, 2.45) is 5.92 Å². The maximum atomic E-state index is 13.6. The second kappa shape index (κ2) is 7.14. The molecule has 1 N–H and O–H groups in total. The Bertz CT molecular complexity index is 1100. The van der Waals surface area contributed by atoms with E-state index in [-0.39, 0.29) is 11.7 Å². The highest BCUT2D eigenvalue weighted by Crippen LogP contribution is 2.35. The van der Waals surface area contributed by atoms with Crippen LogP contribution in [0.2, 0.25) is 0 Å². The van der Waals surface area contributed by atoms with Gasteiger partial charge >= 0.3 is 0 Å². The van der Waals surface area contributed by atoms with Crippen molar-refractivity contribution in [3.8, 4) is 0 Å². The molecule has 29 heavy (non-hydrogen) atoms. The van der Waals surface area contributed by atoms with Crippen LogP contribution in [-0.2, 0) is 12.8 Å². The van der Waals surface area contributed by atoms with E-state index in [1.54, 1.807) is 0 Å². The van der Waals surface area contributed by atoms with Crippen LogP contribution in [0.1, 0.15) is 40.0 Å². The molecular formula is C24H26N4O. The fourth-order valence-electron chi connectivity index (χ4n) is 4.91. The van der Waals surface area contributed by atoms with E-state index >= 15 is 0 Å². The number of Topliss-reactive ketones (excluding diaryl/α,β-unsaturated/α-hetero) is 1. The van der Waals surface area contributed by atoms with Crippen molar-refractivity contribution < 1.29 is 4.79 Å². The first kappa shape index (κ1) is 18.1. The van der Waals surface area contributed by atoms with Gasteiger partial charge in [-0.3, -0.25) is 4.79 Å². The van der Waals surface area contributed by atoms with E-state index in [1.165, 1.54) is 16.5 Å². The van der Waals surface area contributed by atoms with Crippen LogP contribution in [-0.4, -0.2) is 35.9 Å². The monoisotopic (exact) mass is 386 g/mol. The minimum Gasteiger partial charge on any atom is -0.357 e. The number of benzene rings is 2. The lowest BCUT2D eigenvalue weighted by Crippen LogP contribution is -2.39. The molecule has 1 atom stereocenters. The average molecular weight is 386 g/mol. The maximum Gasteiger partial charge on any atom is 0.224 e. The van der Waals surface area contributed by atoms with Crippen molar-refractivity contribution in [1.82, 2.24) is 9.97 Å². The van der Waals surface area contributed by atoms with Crippen LogP contribution in [0.5, 0.6) is 0 Å². The average Bonchev–Trinajstić information content (AvgIpc) is 3.18. The molecule has 1 unspecified atom stereocenters. The Hall–Kier alpha value is -2.95. The molecule has 1 fully saturated rings. The zero-order chi connectivity index (χ0) is 20.0. The van der Waals surface area contributed by atoms with Gasteiger partial charge in [0.2, 0.25) is 5.95 Å². The largest absolute Gasteiger partial charge is 0.357 e. The van der Waals surface area contributed by atoms with Crippen LogP contribution in [0.15, 0.2) is 36.4 Å². The fourth-order valence-corrected chi connectivity index (χ4v) is 4.91. The third kappa shape index (κ3) is 3.15. The number of rotatable bonds is 4. The highest BCUT2D eigenvalue weighted by atomic mass is 16.1. The Kier molecular flexibility index (Phi) is 4.46. The van der Waals surface area contributed by atoms with Gasteiger partial charge in [0.25, 0.3) is 0 Å². The number of hydrogen-bond acceptors (Lipinski definition) is 5. The molecule has 0 saturated carbocycles. The molecule has 2 heterocycles. The minimum atomic E-state index is -0.00415. The molecule has 2 aliphatic rings. The summed E-state index contributed by atoms with van der Waals surface area (Å²) in [5, 5.41) is 5.48.